The van der Waals surface area contributed by atoms with Crippen LogP contribution in [0, 0.1) is 6.92 Å². The first-order chi connectivity index (χ1) is 13.7. The third-order valence-electron chi connectivity index (χ3n) is 4.96. The summed E-state index contributed by atoms with van der Waals surface area (Å²) in [6.45, 7) is 6.14. The zero-order valence-electron chi connectivity index (χ0n) is 16.1. The van der Waals surface area contributed by atoms with E-state index < -0.39 is 0 Å². The number of fused-ring (bicyclic) bond motifs is 1. The zero-order valence-corrected chi connectivity index (χ0v) is 17.8. The van der Waals surface area contributed by atoms with E-state index in [1.807, 2.05) is 48.4 Å². The Bertz CT molecular complexity index is 958. The van der Waals surface area contributed by atoms with Crippen molar-refractivity contribution in [2.75, 3.05) is 19.7 Å². The van der Waals surface area contributed by atoms with Gasteiger partial charge in [0.25, 0.3) is 5.91 Å². The first kappa shape index (κ1) is 19.5. The summed E-state index contributed by atoms with van der Waals surface area (Å²) in [5.41, 5.74) is 2.75. The number of amides is 1. The van der Waals surface area contributed by atoms with Crippen LogP contribution in [0.4, 0.5) is 0 Å². The van der Waals surface area contributed by atoms with Gasteiger partial charge in [0.05, 0.1) is 6.10 Å². The molecule has 1 aliphatic rings. The third kappa shape index (κ3) is 4.11. The van der Waals surface area contributed by atoms with Crippen LogP contribution in [0.25, 0.3) is 11.0 Å². The normalized spacial score (nSPS) is 15.4. The number of thiazole rings is 1. The molecule has 2 aromatic heterocycles. The molecular weight excluding hydrogens is 392 g/mol. The lowest BCUT2D eigenvalue weighted by Crippen LogP contribution is -2.41. The predicted molar refractivity (Wildman–Crippen MR) is 113 cm³/mol. The number of para-hydroxylation sites is 1. The van der Waals surface area contributed by atoms with Gasteiger partial charge in [-0.25, -0.2) is 4.98 Å². The number of nitrogens with zero attached hydrogens (tertiary/aromatic N) is 2. The van der Waals surface area contributed by atoms with Crippen LogP contribution < -0.4 is 0 Å². The maximum atomic E-state index is 13.2. The first-order valence-corrected chi connectivity index (χ1v) is 11.5. The second-order valence-electron chi connectivity index (χ2n) is 6.90. The van der Waals surface area contributed by atoms with E-state index in [0.29, 0.717) is 24.6 Å². The molecule has 3 aromatic rings. The van der Waals surface area contributed by atoms with Crippen molar-refractivity contribution in [3.05, 3.63) is 46.7 Å². The Balaban J connectivity index is 1.56. The number of likely N-dealkylation sites (tertiary alicyclic amines) is 1. The molecule has 0 bridgehead atoms. The van der Waals surface area contributed by atoms with Crippen LogP contribution in [0.3, 0.4) is 0 Å². The summed E-state index contributed by atoms with van der Waals surface area (Å²) in [4.78, 5) is 19.7. The van der Waals surface area contributed by atoms with Gasteiger partial charge >= 0.3 is 0 Å². The van der Waals surface area contributed by atoms with Crippen LogP contribution in [0.15, 0.2) is 38.4 Å². The molecule has 1 aliphatic heterocycles. The topological polar surface area (TPSA) is 55.6 Å². The van der Waals surface area contributed by atoms with Crippen molar-refractivity contribution in [3.63, 3.8) is 0 Å². The number of benzene rings is 1. The minimum atomic E-state index is -0.0166. The Labute approximate surface area is 173 Å². The van der Waals surface area contributed by atoms with Gasteiger partial charge in [0.2, 0.25) is 0 Å². The number of ether oxygens (including phenoxy) is 1. The van der Waals surface area contributed by atoms with Gasteiger partial charge < -0.3 is 14.1 Å². The molecule has 3 heterocycles. The Morgan fingerprint density at radius 3 is 2.86 bits per heavy atom. The molecule has 0 atom stereocenters. The number of hydrogen-bond acceptors (Lipinski definition) is 6. The molecule has 4 rings (SSSR count). The summed E-state index contributed by atoms with van der Waals surface area (Å²) in [5, 5.41) is 3.06. The molecule has 28 heavy (non-hydrogen) atoms. The highest BCUT2D eigenvalue weighted by atomic mass is 32.2. The average molecular weight is 417 g/mol. The summed E-state index contributed by atoms with van der Waals surface area (Å²) in [6.07, 6.45) is 2.01. The number of piperidine rings is 1. The van der Waals surface area contributed by atoms with Crippen LogP contribution in [0.1, 0.15) is 41.6 Å². The van der Waals surface area contributed by atoms with Crippen molar-refractivity contribution in [1.82, 2.24) is 9.88 Å². The van der Waals surface area contributed by atoms with Gasteiger partial charge in [0.15, 0.2) is 5.76 Å². The number of carbonyl (C=O) groups is 1. The fraction of sp³-hybridized carbons (Fsp3) is 0.429. The lowest BCUT2D eigenvalue weighted by molar-refractivity contribution is 0.0137. The molecule has 1 saturated heterocycles. The van der Waals surface area contributed by atoms with E-state index in [-0.39, 0.29) is 12.0 Å². The molecular formula is C21H24N2O3S2. The van der Waals surface area contributed by atoms with E-state index >= 15 is 0 Å². The van der Waals surface area contributed by atoms with Crippen molar-refractivity contribution in [2.24, 2.45) is 0 Å². The van der Waals surface area contributed by atoms with Gasteiger partial charge in [0, 0.05) is 47.5 Å². The van der Waals surface area contributed by atoms with Crippen LogP contribution >= 0.6 is 23.1 Å². The van der Waals surface area contributed by atoms with Crippen molar-refractivity contribution in [3.8, 4) is 0 Å². The molecule has 0 N–H and O–H groups in total. The fourth-order valence-electron chi connectivity index (χ4n) is 3.55. The Hall–Kier alpha value is -1.83. The predicted octanol–water partition coefficient (Wildman–Crippen LogP) is 5.13. The van der Waals surface area contributed by atoms with E-state index in [1.54, 1.807) is 23.1 Å². The highest BCUT2D eigenvalue weighted by Gasteiger charge is 2.29. The van der Waals surface area contributed by atoms with Gasteiger partial charge in [-0.05, 0) is 32.8 Å². The van der Waals surface area contributed by atoms with Crippen molar-refractivity contribution < 1.29 is 13.9 Å². The highest BCUT2D eigenvalue weighted by molar-refractivity contribution is 8.00. The smallest absolute Gasteiger partial charge is 0.289 e. The number of hydrogen-bond donors (Lipinski definition) is 0. The Morgan fingerprint density at radius 1 is 1.36 bits per heavy atom. The third-order valence-corrected chi connectivity index (χ3v) is 7.13. The molecule has 0 aliphatic carbocycles. The van der Waals surface area contributed by atoms with Gasteiger partial charge in [-0.3, -0.25) is 4.79 Å². The maximum Gasteiger partial charge on any atom is 0.289 e. The Kier molecular flexibility index (Phi) is 6.04. The van der Waals surface area contributed by atoms with E-state index in [1.165, 1.54) is 0 Å². The van der Waals surface area contributed by atoms with Crippen LogP contribution in [0.2, 0.25) is 0 Å². The van der Waals surface area contributed by atoms with Gasteiger partial charge in [0.1, 0.15) is 9.92 Å². The monoisotopic (exact) mass is 416 g/mol. The lowest BCUT2D eigenvalue weighted by atomic mass is 10.1. The van der Waals surface area contributed by atoms with Crippen molar-refractivity contribution >= 4 is 40.0 Å². The SMILES string of the molecule is CCOC1CCN(C(=O)c2oc3ccccc3c2CSc2nc(C)cs2)CC1. The molecule has 0 radical (unpaired) electrons. The largest absolute Gasteiger partial charge is 0.451 e. The number of aromatic nitrogens is 1. The highest BCUT2D eigenvalue weighted by Crippen LogP contribution is 2.34. The van der Waals surface area contributed by atoms with Crippen LogP contribution in [0.5, 0.6) is 0 Å². The van der Waals surface area contributed by atoms with E-state index in [9.17, 15) is 4.79 Å². The lowest BCUT2D eigenvalue weighted by Gasteiger charge is -2.31. The molecule has 0 unspecified atom stereocenters. The summed E-state index contributed by atoms with van der Waals surface area (Å²) >= 11 is 3.29. The standard InChI is InChI=1S/C21H24N2O3S2/c1-3-25-15-8-10-23(11-9-15)20(24)19-17(13-28-21-22-14(2)12-27-21)16-6-4-5-7-18(16)26-19/h4-7,12,15H,3,8-11,13H2,1-2H3. The quantitative estimate of drug-likeness (QED) is 0.521. The molecule has 0 saturated carbocycles. The summed E-state index contributed by atoms with van der Waals surface area (Å²) < 4.78 is 12.7. The average Bonchev–Trinajstić information content (AvgIpc) is 3.30. The van der Waals surface area contributed by atoms with Crippen LogP contribution in [-0.2, 0) is 10.5 Å². The molecule has 5 nitrogen and oxygen atoms in total. The number of thioether (sulfide) groups is 1. The van der Waals surface area contributed by atoms with Gasteiger partial charge in [-0.1, -0.05) is 30.0 Å². The molecule has 0 spiro atoms. The maximum absolute atomic E-state index is 13.2. The molecule has 1 aromatic carbocycles. The molecule has 1 amide bonds. The number of carbonyl (C=O) groups excluding carboxylic acids is 1. The van der Waals surface area contributed by atoms with Gasteiger partial charge in [-0.2, -0.15) is 0 Å². The number of furan rings is 1. The second-order valence-corrected chi connectivity index (χ2v) is 8.98. The molecule has 148 valence electrons. The fourth-order valence-corrected chi connectivity index (χ4v) is 5.43. The molecule has 7 heteroatoms. The van der Waals surface area contributed by atoms with E-state index in [4.69, 9.17) is 9.15 Å². The summed E-state index contributed by atoms with van der Waals surface area (Å²) in [5.74, 6) is 1.12. The summed E-state index contributed by atoms with van der Waals surface area (Å²) in [6, 6.07) is 7.88. The second kappa shape index (κ2) is 8.68. The number of aryl methyl sites for hydroxylation is 1. The summed E-state index contributed by atoms with van der Waals surface area (Å²) in [7, 11) is 0. The first-order valence-electron chi connectivity index (χ1n) is 9.62. The van der Waals surface area contributed by atoms with Gasteiger partial charge in [-0.15, -0.1) is 11.3 Å². The van der Waals surface area contributed by atoms with Crippen molar-refractivity contribution in [1.29, 1.82) is 0 Å². The Morgan fingerprint density at radius 2 is 2.14 bits per heavy atom. The van der Waals surface area contributed by atoms with E-state index in [0.717, 1.165) is 46.0 Å². The number of rotatable bonds is 6. The van der Waals surface area contributed by atoms with E-state index in [2.05, 4.69) is 4.98 Å². The van der Waals surface area contributed by atoms with Crippen molar-refractivity contribution in [2.45, 2.75) is 42.9 Å². The minimum Gasteiger partial charge on any atom is -0.451 e. The van der Waals surface area contributed by atoms with Crippen LogP contribution in [-0.4, -0.2) is 41.6 Å². The zero-order chi connectivity index (χ0) is 19.5. The molecule has 1 fully saturated rings. The minimum absolute atomic E-state index is 0.0166.